The number of nitrogens with two attached hydrogens (primary N) is 1. The van der Waals surface area contributed by atoms with E-state index in [0.29, 0.717) is 19.7 Å². The molecule has 0 radical (unpaired) electrons. The summed E-state index contributed by atoms with van der Waals surface area (Å²) in [7, 11) is -2.02. The number of methoxy groups -OCH3 is 1. The number of sulfonamides is 1. The van der Waals surface area contributed by atoms with Gasteiger partial charge in [0.15, 0.2) is 0 Å². The van der Waals surface area contributed by atoms with Gasteiger partial charge in [0.25, 0.3) is 0 Å². The van der Waals surface area contributed by atoms with Crippen molar-refractivity contribution in [1.29, 1.82) is 0 Å². The average molecular weight is 315 g/mol. The van der Waals surface area contributed by atoms with Gasteiger partial charge in [-0.3, -0.25) is 0 Å². The van der Waals surface area contributed by atoms with Crippen molar-refractivity contribution in [3.05, 3.63) is 30.6 Å². The summed E-state index contributed by atoms with van der Waals surface area (Å²) in [5, 5.41) is 0. The van der Waals surface area contributed by atoms with Crippen LogP contribution in [0.15, 0.2) is 29.8 Å². The summed E-state index contributed by atoms with van der Waals surface area (Å²) in [6, 6.07) is 1.65. The molecule has 1 aromatic rings. The molecule has 0 spiro atoms. The second-order valence-electron chi connectivity index (χ2n) is 4.71. The third-order valence-corrected chi connectivity index (χ3v) is 4.98. The first kappa shape index (κ1) is 17.9. The minimum absolute atomic E-state index is 0.253. The Hall–Kier alpha value is -1.15. The van der Waals surface area contributed by atoms with Crippen LogP contribution >= 0.6 is 0 Å². The van der Waals surface area contributed by atoms with Crippen molar-refractivity contribution >= 4 is 10.0 Å². The third kappa shape index (κ3) is 4.41. The molecule has 120 valence electrons. The highest BCUT2D eigenvalue weighted by atomic mass is 32.2. The Kier molecular flexibility index (Phi) is 7.10. The Bertz CT molecular complexity index is 552. The fraction of sp³-hybridized carbons (Fsp3) is 0.571. The van der Waals surface area contributed by atoms with Crippen LogP contribution < -0.4 is 5.73 Å². The van der Waals surface area contributed by atoms with Crippen molar-refractivity contribution < 1.29 is 13.2 Å². The lowest BCUT2D eigenvalue weighted by Gasteiger charge is -2.19. The van der Waals surface area contributed by atoms with Crippen molar-refractivity contribution in [3.63, 3.8) is 0 Å². The molecule has 21 heavy (non-hydrogen) atoms. The van der Waals surface area contributed by atoms with E-state index in [1.54, 1.807) is 25.4 Å². The normalized spacial score (nSPS) is 12.0. The SMILES string of the molecule is C=CCN(CCOC)S(=O)(=O)c1cc(CN)n(CCC)c1. The van der Waals surface area contributed by atoms with Gasteiger partial charge in [-0.25, -0.2) is 8.42 Å². The van der Waals surface area contributed by atoms with E-state index in [1.807, 2.05) is 11.5 Å². The van der Waals surface area contributed by atoms with Crippen LogP contribution in [0.1, 0.15) is 19.0 Å². The standard InChI is InChI=1S/C14H25N3O3S/c1-4-6-16-12-14(10-13(16)11-15)21(18,19)17(7-5-2)8-9-20-3/h5,10,12H,2,4,6-9,11,15H2,1,3H3. The molecule has 0 aliphatic carbocycles. The molecule has 0 atom stereocenters. The van der Waals surface area contributed by atoms with E-state index >= 15 is 0 Å². The maximum absolute atomic E-state index is 12.7. The summed E-state index contributed by atoms with van der Waals surface area (Å²) in [4.78, 5) is 0.273. The fourth-order valence-corrected chi connectivity index (χ4v) is 3.54. The molecule has 0 saturated heterocycles. The van der Waals surface area contributed by atoms with Gasteiger partial charge in [-0.15, -0.1) is 6.58 Å². The largest absolute Gasteiger partial charge is 0.383 e. The summed E-state index contributed by atoms with van der Waals surface area (Å²) in [5.41, 5.74) is 6.51. The molecule has 0 fully saturated rings. The first-order valence-corrected chi connectivity index (χ1v) is 8.44. The van der Waals surface area contributed by atoms with E-state index in [9.17, 15) is 8.42 Å². The second kappa shape index (κ2) is 8.33. The highest BCUT2D eigenvalue weighted by Gasteiger charge is 2.25. The minimum atomic E-state index is -3.56. The zero-order chi connectivity index (χ0) is 15.9. The third-order valence-electron chi connectivity index (χ3n) is 3.15. The number of ether oxygens (including phenoxy) is 1. The maximum Gasteiger partial charge on any atom is 0.244 e. The Morgan fingerprint density at radius 3 is 2.76 bits per heavy atom. The highest BCUT2D eigenvalue weighted by molar-refractivity contribution is 7.89. The van der Waals surface area contributed by atoms with Crippen molar-refractivity contribution in [2.75, 3.05) is 26.8 Å². The van der Waals surface area contributed by atoms with Crippen molar-refractivity contribution in [2.45, 2.75) is 31.3 Å². The molecule has 0 unspecified atom stereocenters. The van der Waals surface area contributed by atoms with Gasteiger partial charge in [-0.2, -0.15) is 4.31 Å². The van der Waals surface area contributed by atoms with Gasteiger partial charge in [-0.1, -0.05) is 13.0 Å². The fourth-order valence-electron chi connectivity index (χ4n) is 2.08. The summed E-state index contributed by atoms with van der Waals surface area (Å²) in [5.74, 6) is 0. The monoisotopic (exact) mass is 315 g/mol. The predicted octanol–water partition coefficient (Wildman–Crippen LogP) is 1.18. The molecule has 0 bridgehead atoms. The number of aromatic nitrogens is 1. The molecule has 2 N–H and O–H groups in total. The molecule has 0 amide bonds. The lowest BCUT2D eigenvalue weighted by atomic mass is 10.4. The van der Waals surface area contributed by atoms with Gasteiger partial charge in [0.2, 0.25) is 10.0 Å². The van der Waals surface area contributed by atoms with Crippen LogP contribution in [-0.4, -0.2) is 44.1 Å². The van der Waals surface area contributed by atoms with Crippen LogP contribution in [0.2, 0.25) is 0 Å². The van der Waals surface area contributed by atoms with E-state index in [-0.39, 0.29) is 11.4 Å². The minimum Gasteiger partial charge on any atom is -0.383 e. The van der Waals surface area contributed by atoms with Gasteiger partial charge < -0.3 is 15.0 Å². The Morgan fingerprint density at radius 2 is 2.24 bits per heavy atom. The first-order valence-electron chi connectivity index (χ1n) is 7.00. The van der Waals surface area contributed by atoms with Crippen molar-refractivity contribution in [3.8, 4) is 0 Å². The summed E-state index contributed by atoms with van der Waals surface area (Å²) < 4.78 is 33.6. The Balaban J connectivity index is 3.11. The van der Waals surface area contributed by atoms with E-state index in [0.717, 1.165) is 18.7 Å². The molecule has 1 rings (SSSR count). The van der Waals surface area contributed by atoms with E-state index in [4.69, 9.17) is 10.5 Å². The van der Waals surface area contributed by atoms with E-state index < -0.39 is 10.0 Å². The summed E-state index contributed by atoms with van der Waals surface area (Å²) in [6.07, 6.45) is 4.14. The van der Waals surface area contributed by atoms with Gasteiger partial charge in [0, 0.05) is 45.2 Å². The Morgan fingerprint density at radius 1 is 1.52 bits per heavy atom. The van der Waals surface area contributed by atoms with Crippen LogP contribution in [0.25, 0.3) is 0 Å². The lowest BCUT2D eigenvalue weighted by molar-refractivity contribution is 0.182. The molecular formula is C14H25N3O3S. The topological polar surface area (TPSA) is 77.6 Å². The quantitative estimate of drug-likeness (QED) is 0.658. The smallest absolute Gasteiger partial charge is 0.244 e. The van der Waals surface area contributed by atoms with Crippen LogP contribution in [-0.2, 0) is 27.8 Å². The molecule has 0 aliphatic heterocycles. The van der Waals surface area contributed by atoms with Gasteiger partial charge in [0.05, 0.1) is 6.61 Å². The average Bonchev–Trinajstić information content (AvgIpc) is 2.87. The van der Waals surface area contributed by atoms with Crippen LogP contribution in [0.5, 0.6) is 0 Å². The zero-order valence-electron chi connectivity index (χ0n) is 12.8. The number of rotatable bonds is 10. The molecular weight excluding hydrogens is 290 g/mol. The molecule has 1 heterocycles. The molecule has 0 aliphatic rings. The van der Waals surface area contributed by atoms with E-state index in [1.165, 1.54) is 4.31 Å². The van der Waals surface area contributed by atoms with Crippen LogP contribution in [0, 0.1) is 0 Å². The number of nitrogens with zero attached hydrogens (tertiary/aromatic N) is 2. The summed E-state index contributed by atoms with van der Waals surface area (Å²) in [6.45, 7) is 7.60. The van der Waals surface area contributed by atoms with Crippen LogP contribution in [0.3, 0.4) is 0 Å². The van der Waals surface area contributed by atoms with Gasteiger partial charge >= 0.3 is 0 Å². The first-order chi connectivity index (χ1) is 10.0. The second-order valence-corrected chi connectivity index (χ2v) is 6.65. The maximum atomic E-state index is 12.7. The molecule has 0 saturated carbocycles. The van der Waals surface area contributed by atoms with E-state index in [2.05, 4.69) is 6.58 Å². The summed E-state index contributed by atoms with van der Waals surface area (Å²) >= 11 is 0. The zero-order valence-corrected chi connectivity index (χ0v) is 13.6. The highest BCUT2D eigenvalue weighted by Crippen LogP contribution is 2.19. The van der Waals surface area contributed by atoms with Gasteiger partial charge in [-0.05, 0) is 12.5 Å². The van der Waals surface area contributed by atoms with Crippen molar-refractivity contribution in [2.24, 2.45) is 5.73 Å². The molecule has 1 aromatic heterocycles. The lowest BCUT2D eigenvalue weighted by Crippen LogP contribution is -2.33. The molecule has 0 aromatic carbocycles. The Labute approximate surface area is 127 Å². The van der Waals surface area contributed by atoms with Crippen LogP contribution in [0.4, 0.5) is 0 Å². The molecule has 7 heteroatoms. The number of hydrogen-bond acceptors (Lipinski definition) is 4. The number of hydrogen-bond donors (Lipinski definition) is 1. The van der Waals surface area contributed by atoms with Gasteiger partial charge in [0.1, 0.15) is 4.90 Å². The van der Waals surface area contributed by atoms with Crippen molar-refractivity contribution in [1.82, 2.24) is 8.87 Å². The molecule has 6 nitrogen and oxygen atoms in total. The number of aryl methyl sites for hydroxylation is 1. The predicted molar refractivity (Wildman–Crippen MR) is 83.4 cm³/mol.